The van der Waals surface area contributed by atoms with Crippen LogP contribution in [0, 0.1) is 11.3 Å². The van der Waals surface area contributed by atoms with Gasteiger partial charge in [0.1, 0.15) is 29.0 Å². The highest BCUT2D eigenvalue weighted by Crippen LogP contribution is 2.38. The number of carbonyl (C=O) groups excluding carboxylic acids is 2. The molecule has 1 aliphatic rings. The molecule has 0 fully saturated rings. The Labute approximate surface area is 219 Å². The Balaban J connectivity index is 1.51. The van der Waals surface area contributed by atoms with Crippen molar-refractivity contribution in [3.63, 3.8) is 0 Å². The van der Waals surface area contributed by atoms with E-state index in [1.165, 1.54) is 17.4 Å². The molecule has 0 aliphatic heterocycles. The molecule has 0 spiro atoms. The van der Waals surface area contributed by atoms with Crippen molar-refractivity contribution in [1.82, 2.24) is 0 Å². The predicted molar refractivity (Wildman–Crippen MR) is 141 cm³/mol. The van der Waals surface area contributed by atoms with Crippen molar-refractivity contribution in [3.05, 3.63) is 86.3 Å². The summed E-state index contributed by atoms with van der Waals surface area (Å²) in [4.78, 5) is 26.8. The number of hydrogen-bond acceptors (Lipinski definition) is 6. The van der Waals surface area contributed by atoms with Gasteiger partial charge in [0.2, 0.25) is 0 Å². The van der Waals surface area contributed by atoms with Crippen molar-refractivity contribution < 1.29 is 19.1 Å². The van der Waals surface area contributed by atoms with Crippen LogP contribution in [-0.4, -0.2) is 18.5 Å². The third kappa shape index (κ3) is 6.14. The minimum Gasteiger partial charge on any atom is -0.489 e. The Morgan fingerprint density at radius 3 is 2.69 bits per heavy atom. The fraction of sp³-hybridized carbons (Fsp3) is 0.250. The molecule has 1 aromatic heterocycles. The number of nitrogens with one attached hydrogen (secondary N) is 1. The van der Waals surface area contributed by atoms with Gasteiger partial charge < -0.3 is 14.8 Å². The molecule has 184 valence electrons. The average molecular weight is 521 g/mol. The van der Waals surface area contributed by atoms with Crippen LogP contribution in [0.4, 0.5) is 5.00 Å². The number of benzene rings is 2. The largest absolute Gasteiger partial charge is 0.489 e. The van der Waals surface area contributed by atoms with Gasteiger partial charge in [-0.05, 0) is 79.6 Å². The van der Waals surface area contributed by atoms with E-state index in [0.29, 0.717) is 33.5 Å². The summed E-state index contributed by atoms with van der Waals surface area (Å²) in [7, 11) is 0. The van der Waals surface area contributed by atoms with E-state index in [1.807, 2.05) is 18.2 Å². The highest BCUT2D eigenvalue weighted by atomic mass is 35.5. The second kappa shape index (κ2) is 11.9. The lowest BCUT2D eigenvalue weighted by molar-refractivity contribution is -0.112. The fourth-order valence-corrected chi connectivity index (χ4v) is 5.40. The van der Waals surface area contributed by atoms with Crippen LogP contribution >= 0.6 is 22.9 Å². The van der Waals surface area contributed by atoms with E-state index in [-0.39, 0.29) is 12.2 Å². The monoisotopic (exact) mass is 520 g/mol. The second-order valence-electron chi connectivity index (χ2n) is 8.25. The topological polar surface area (TPSA) is 88.4 Å². The Kier molecular flexibility index (Phi) is 8.42. The molecule has 1 N–H and O–H groups in total. The molecule has 36 heavy (non-hydrogen) atoms. The number of nitriles is 1. The second-order valence-corrected chi connectivity index (χ2v) is 9.79. The van der Waals surface area contributed by atoms with Crippen molar-refractivity contribution in [2.75, 3.05) is 11.9 Å². The van der Waals surface area contributed by atoms with Crippen molar-refractivity contribution in [1.29, 1.82) is 5.26 Å². The van der Waals surface area contributed by atoms with E-state index in [0.717, 1.165) is 41.7 Å². The van der Waals surface area contributed by atoms with E-state index in [1.54, 1.807) is 43.3 Å². The molecule has 2 aromatic carbocycles. The number of ether oxygens (including phenoxy) is 2. The van der Waals surface area contributed by atoms with Crippen LogP contribution in [0.3, 0.4) is 0 Å². The minimum absolute atomic E-state index is 0.0777. The first-order chi connectivity index (χ1) is 17.5. The molecular weight excluding hydrogens is 496 g/mol. The van der Waals surface area contributed by atoms with Gasteiger partial charge in [0.15, 0.2) is 0 Å². The van der Waals surface area contributed by atoms with Gasteiger partial charge in [0.05, 0.1) is 12.2 Å². The number of nitrogens with zero attached hydrogens (tertiary/aromatic N) is 1. The molecule has 0 saturated carbocycles. The first-order valence-electron chi connectivity index (χ1n) is 11.7. The van der Waals surface area contributed by atoms with Gasteiger partial charge in [-0.3, -0.25) is 4.79 Å². The van der Waals surface area contributed by atoms with Crippen LogP contribution < -0.4 is 10.1 Å². The summed E-state index contributed by atoms with van der Waals surface area (Å²) in [5, 5.41) is 13.6. The van der Waals surface area contributed by atoms with Crippen LogP contribution in [0.1, 0.15) is 51.7 Å². The SMILES string of the molecule is CCOC(=O)c1c(NC(=O)/C(C#N)=C/c2cccc(OCc3ccc(Cl)cc3)c2)sc2c1CCCC2. The van der Waals surface area contributed by atoms with Crippen molar-refractivity contribution in [2.45, 2.75) is 39.2 Å². The number of fused-ring (bicyclic) bond motifs is 1. The predicted octanol–water partition coefficient (Wildman–Crippen LogP) is 6.58. The third-order valence-electron chi connectivity index (χ3n) is 5.73. The molecular formula is C28H25ClN2O4S. The lowest BCUT2D eigenvalue weighted by Gasteiger charge is -2.12. The summed E-state index contributed by atoms with van der Waals surface area (Å²) in [5.41, 5.74) is 2.90. The average Bonchev–Trinajstić information content (AvgIpc) is 3.25. The lowest BCUT2D eigenvalue weighted by atomic mass is 9.95. The quantitative estimate of drug-likeness (QED) is 0.206. The number of aryl methyl sites for hydroxylation is 1. The number of anilines is 1. The smallest absolute Gasteiger partial charge is 0.341 e. The summed E-state index contributed by atoms with van der Waals surface area (Å²) in [6.45, 7) is 2.35. The molecule has 0 atom stereocenters. The Hall–Kier alpha value is -3.60. The molecule has 0 bridgehead atoms. The summed E-state index contributed by atoms with van der Waals surface area (Å²) in [6, 6.07) is 16.5. The normalized spacial score (nSPS) is 12.9. The molecule has 4 rings (SSSR count). The summed E-state index contributed by atoms with van der Waals surface area (Å²) in [6.07, 6.45) is 5.18. The fourth-order valence-electron chi connectivity index (χ4n) is 4.00. The highest BCUT2D eigenvalue weighted by Gasteiger charge is 2.27. The molecule has 1 aliphatic carbocycles. The van der Waals surface area contributed by atoms with Crippen LogP contribution in [0.2, 0.25) is 5.02 Å². The van der Waals surface area contributed by atoms with Gasteiger partial charge in [-0.15, -0.1) is 11.3 Å². The molecule has 8 heteroatoms. The number of halogens is 1. The first kappa shape index (κ1) is 25.5. The molecule has 1 amide bonds. The van der Waals surface area contributed by atoms with Gasteiger partial charge in [0, 0.05) is 9.90 Å². The maximum Gasteiger partial charge on any atom is 0.341 e. The third-order valence-corrected chi connectivity index (χ3v) is 7.19. The van der Waals surface area contributed by atoms with E-state index in [2.05, 4.69) is 5.32 Å². The van der Waals surface area contributed by atoms with Gasteiger partial charge in [-0.1, -0.05) is 35.9 Å². The summed E-state index contributed by atoms with van der Waals surface area (Å²) >= 11 is 7.31. The Morgan fingerprint density at radius 2 is 1.94 bits per heavy atom. The van der Waals surface area contributed by atoms with Crippen molar-refractivity contribution in [3.8, 4) is 11.8 Å². The number of carbonyl (C=O) groups is 2. The van der Waals surface area contributed by atoms with Gasteiger partial charge in [-0.2, -0.15) is 5.26 Å². The molecule has 6 nitrogen and oxygen atoms in total. The van der Waals surface area contributed by atoms with Gasteiger partial charge >= 0.3 is 5.97 Å². The van der Waals surface area contributed by atoms with E-state index in [9.17, 15) is 14.9 Å². The van der Waals surface area contributed by atoms with E-state index >= 15 is 0 Å². The number of rotatable bonds is 8. The minimum atomic E-state index is -0.575. The maximum atomic E-state index is 13.0. The number of esters is 1. The van der Waals surface area contributed by atoms with Crippen LogP contribution in [0.25, 0.3) is 6.08 Å². The number of amides is 1. The lowest BCUT2D eigenvalue weighted by Crippen LogP contribution is -2.16. The van der Waals surface area contributed by atoms with Crippen LogP contribution in [0.5, 0.6) is 5.75 Å². The number of thiophene rings is 1. The zero-order valence-electron chi connectivity index (χ0n) is 19.8. The van der Waals surface area contributed by atoms with Crippen molar-refractivity contribution in [2.24, 2.45) is 0 Å². The first-order valence-corrected chi connectivity index (χ1v) is 12.9. The summed E-state index contributed by atoms with van der Waals surface area (Å²) in [5.74, 6) is -0.415. The van der Waals surface area contributed by atoms with E-state index < -0.39 is 11.9 Å². The molecule has 0 unspecified atom stereocenters. The Bertz CT molecular complexity index is 1340. The van der Waals surface area contributed by atoms with Gasteiger partial charge in [0.25, 0.3) is 5.91 Å². The molecule has 0 radical (unpaired) electrons. The molecule has 3 aromatic rings. The zero-order valence-corrected chi connectivity index (χ0v) is 21.4. The molecule has 1 heterocycles. The van der Waals surface area contributed by atoms with Crippen molar-refractivity contribution >= 4 is 45.9 Å². The highest BCUT2D eigenvalue weighted by molar-refractivity contribution is 7.17. The van der Waals surface area contributed by atoms with Crippen LogP contribution in [0.15, 0.2) is 54.1 Å². The number of hydrogen-bond donors (Lipinski definition) is 1. The van der Waals surface area contributed by atoms with E-state index in [4.69, 9.17) is 21.1 Å². The maximum absolute atomic E-state index is 13.0. The zero-order chi connectivity index (χ0) is 25.5. The Morgan fingerprint density at radius 1 is 1.17 bits per heavy atom. The summed E-state index contributed by atoms with van der Waals surface area (Å²) < 4.78 is 11.1. The standard InChI is InChI=1S/C28H25ClN2O4S/c1-2-34-28(33)25-23-8-3-4-9-24(23)36-27(25)31-26(32)20(16-30)14-19-6-5-7-22(15-19)35-17-18-10-12-21(29)13-11-18/h5-7,10-15H,2-4,8-9,17H2,1H3,(H,31,32)/b20-14+. The van der Waals surface area contributed by atoms with Gasteiger partial charge in [-0.25, -0.2) is 4.79 Å². The van der Waals surface area contributed by atoms with Crippen LogP contribution in [-0.2, 0) is 29.0 Å². The molecule has 0 saturated heterocycles.